The number of rotatable bonds is 9. The Balaban J connectivity index is 1.46. The molecule has 3 aliphatic rings. The van der Waals surface area contributed by atoms with Gasteiger partial charge in [-0.15, -0.1) is 0 Å². The van der Waals surface area contributed by atoms with Gasteiger partial charge in [-0.2, -0.15) is 9.97 Å². The largest absolute Gasteiger partial charge is 0.460 e. The summed E-state index contributed by atoms with van der Waals surface area (Å²) >= 11 is 2.35. The molecule has 2 unspecified atom stereocenters. The number of aromatic nitrogens is 2. The van der Waals surface area contributed by atoms with Gasteiger partial charge in [0.2, 0.25) is 0 Å². The topological polar surface area (TPSA) is 65.9 Å². The monoisotopic (exact) mass is 629 g/mol. The second-order valence-corrected chi connectivity index (χ2v) is 12.0. The van der Waals surface area contributed by atoms with Crippen LogP contribution in [-0.4, -0.2) is 66.7 Å². The Kier molecular flexibility index (Phi) is 8.13. The van der Waals surface area contributed by atoms with E-state index in [-0.39, 0.29) is 18.5 Å². The summed E-state index contributed by atoms with van der Waals surface area (Å²) in [6.07, 6.45) is 7.10. The molecule has 3 fully saturated rings. The molecule has 6 rings (SSSR count). The molecule has 2 aliphatic heterocycles. The fourth-order valence-electron chi connectivity index (χ4n) is 5.37. The predicted octanol–water partition coefficient (Wildman–Crippen LogP) is 5.67. The molecule has 0 N–H and O–H groups in total. The molecule has 7 nitrogen and oxygen atoms in total. The lowest BCUT2D eigenvalue weighted by Gasteiger charge is -2.37. The van der Waals surface area contributed by atoms with Gasteiger partial charge in [-0.25, -0.2) is 0 Å². The minimum absolute atomic E-state index is 0.0997. The van der Waals surface area contributed by atoms with Gasteiger partial charge in [-0.3, -0.25) is 0 Å². The molecule has 0 amide bonds. The lowest BCUT2D eigenvalue weighted by molar-refractivity contribution is -0.197. The molecule has 38 heavy (non-hydrogen) atoms. The van der Waals surface area contributed by atoms with E-state index in [0.717, 1.165) is 90.4 Å². The Morgan fingerprint density at radius 1 is 0.974 bits per heavy atom. The van der Waals surface area contributed by atoms with Gasteiger partial charge in [0.25, 0.3) is 0 Å². The molecule has 0 bridgehead atoms. The highest BCUT2D eigenvalue weighted by Crippen LogP contribution is 2.43. The van der Waals surface area contributed by atoms with Crippen LogP contribution in [0.1, 0.15) is 56.2 Å². The van der Waals surface area contributed by atoms with Gasteiger partial charge in [-0.1, -0.05) is 30.3 Å². The molecule has 1 aliphatic carbocycles. The Labute approximate surface area is 238 Å². The van der Waals surface area contributed by atoms with Crippen LogP contribution >= 0.6 is 22.6 Å². The van der Waals surface area contributed by atoms with Crippen molar-refractivity contribution in [1.82, 2.24) is 14.9 Å². The van der Waals surface area contributed by atoms with E-state index in [1.807, 2.05) is 6.07 Å². The van der Waals surface area contributed by atoms with Crippen LogP contribution < -0.4 is 4.74 Å². The number of hydrogen-bond donors (Lipinski definition) is 0. The molecule has 2 aromatic carbocycles. The van der Waals surface area contributed by atoms with Gasteiger partial charge >= 0.3 is 6.01 Å². The molecule has 2 atom stereocenters. The lowest BCUT2D eigenvalue weighted by atomic mass is 9.88. The number of benzene rings is 2. The second-order valence-electron chi connectivity index (χ2n) is 10.8. The maximum absolute atomic E-state index is 6.98. The van der Waals surface area contributed by atoms with E-state index < -0.39 is 5.60 Å². The molecule has 0 radical (unpaired) electrons. The maximum atomic E-state index is 6.98. The average Bonchev–Trinajstić information content (AvgIpc) is 3.77. The first-order valence-corrected chi connectivity index (χ1v) is 15.0. The van der Waals surface area contributed by atoms with Crippen molar-refractivity contribution in [3.63, 3.8) is 0 Å². The van der Waals surface area contributed by atoms with Crippen LogP contribution in [0.5, 0.6) is 6.01 Å². The second kappa shape index (κ2) is 11.7. The smallest absolute Gasteiger partial charge is 0.317 e. The molecule has 1 saturated carbocycles. The summed E-state index contributed by atoms with van der Waals surface area (Å²) in [5.41, 5.74) is 1.76. The summed E-state index contributed by atoms with van der Waals surface area (Å²) in [7, 11) is 2.15. The number of nitrogens with zero attached hydrogens (tertiary/aromatic N) is 3. The Hall–Kier alpha value is -1.85. The highest BCUT2D eigenvalue weighted by Gasteiger charge is 2.45. The van der Waals surface area contributed by atoms with E-state index in [1.165, 1.54) is 0 Å². The fraction of sp³-hybridized carbons (Fsp3) is 0.533. The number of likely N-dealkylation sites (tertiary alicyclic amines) is 1. The first-order valence-electron chi connectivity index (χ1n) is 13.9. The van der Waals surface area contributed by atoms with E-state index in [2.05, 4.69) is 77.0 Å². The molecule has 8 heteroatoms. The summed E-state index contributed by atoms with van der Waals surface area (Å²) in [5.74, 6) is 0. The number of piperidine rings is 1. The van der Waals surface area contributed by atoms with Crippen LogP contribution in [0.2, 0.25) is 0 Å². The Morgan fingerprint density at radius 2 is 1.79 bits per heavy atom. The van der Waals surface area contributed by atoms with Gasteiger partial charge in [0.15, 0.2) is 11.9 Å². The number of fused-ring (bicyclic) bond motifs is 1. The van der Waals surface area contributed by atoms with E-state index in [9.17, 15) is 0 Å². The Bertz CT molecular complexity index is 1230. The van der Waals surface area contributed by atoms with Crippen molar-refractivity contribution in [3.8, 4) is 6.01 Å². The summed E-state index contributed by atoms with van der Waals surface area (Å²) in [5, 5.41) is 0.963. The molecular weight excluding hydrogens is 593 g/mol. The molecule has 3 aromatic rings. The molecule has 3 heterocycles. The fourth-order valence-corrected chi connectivity index (χ4v) is 5.86. The average molecular weight is 630 g/mol. The van der Waals surface area contributed by atoms with Crippen molar-refractivity contribution in [2.24, 2.45) is 0 Å². The zero-order valence-corrected chi connectivity index (χ0v) is 24.1. The van der Waals surface area contributed by atoms with Gasteiger partial charge in [-0.05, 0) is 98.3 Å². The van der Waals surface area contributed by atoms with E-state index in [4.69, 9.17) is 28.9 Å². The lowest BCUT2D eigenvalue weighted by Crippen LogP contribution is -2.41. The first-order chi connectivity index (χ1) is 18.6. The third kappa shape index (κ3) is 5.99. The quantitative estimate of drug-likeness (QED) is 0.283. The molecule has 1 aromatic heterocycles. The van der Waals surface area contributed by atoms with Crippen molar-refractivity contribution in [3.05, 3.63) is 63.4 Å². The highest BCUT2D eigenvalue weighted by molar-refractivity contribution is 14.1. The highest BCUT2D eigenvalue weighted by atomic mass is 127. The van der Waals surface area contributed by atoms with Gasteiger partial charge in [0.1, 0.15) is 6.10 Å². The third-order valence-corrected chi connectivity index (χ3v) is 8.37. The minimum Gasteiger partial charge on any atom is -0.460 e. The van der Waals surface area contributed by atoms with Crippen molar-refractivity contribution in [1.29, 1.82) is 0 Å². The zero-order valence-electron chi connectivity index (χ0n) is 22.0. The summed E-state index contributed by atoms with van der Waals surface area (Å²) < 4.78 is 27.0. The first kappa shape index (κ1) is 26.4. The van der Waals surface area contributed by atoms with Gasteiger partial charge in [0.05, 0.1) is 23.9 Å². The summed E-state index contributed by atoms with van der Waals surface area (Å²) in [6.45, 7) is 3.06. The number of ether oxygens (including phenoxy) is 4. The molecular formula is C30H36IN3O4. The zero-order chi connectivity index (χ0) is 26.0. The van der Waals surface area contributed by atoms with Gasteiger partial charge < -0.3 is 23.8 Å². The predicted molar refractivity (Wildman–Crippen MR) is 154 cm³/mol. The van der Waals surface area contributed by atoms with Crippen molar-refractivity contribution in [2.45, 2.75) is 69.0 Å². The molecule has 0 spiro atoms. The van der Waals surface area contributed by atoms with Crippen molar-refractivity contribution >= 4 is 33.5 Å². The van der Waals surface area contributed by atoms with E-state index in [0.29, 0.717) is 12.6 Å². The number of hydrogen-bond acceptors (Lipinski definition) is 7. The van der Waals surface area contributed by atoms with Crippen LogP contribution in [0.3, 0.4) is 0 Å². The Morgan fingerprint density at radius 3 is 2.53 bits per heavy atom. The van der Waals surface area contributed by atoms with E-state index in [1.54, 1.807) is 0 Å². The van der Waals surface area contributed by atoms with E-state index >= 15 is 0 Å². The van der Waals surface area contributed by atoms with Crippen LogP contribution in [0.25, 0.3) is 10.9 Å². The van der Waals surface area contributed by atoms with Crippen molar-refractivity contribution < 1.29 is 18.9 Å². The molecule has 202 valence electrons. The molecule has 2 saturated heterocycles. The normalized spacial score (nSPS) is 22.8. The minimum atomic E-state index is -0.917. The third-order valence-electron chi connectivity index (χ3n) is 7.70. The van der Waals surface area contributed by atoms with Gasteiger partial charge in [0, 0.05) is 28.7 Å². The van der Waals surface area contributed by atoms with Crippen LogP contribution in [-0.2, 0) is 19.8 Å². The number of halogens is 1. The summed E-state index contributed by atoms with van der Waals surface area (Å²) in [6, 6.07) is 17.1. The van der Waals surface area contributed by atoms with Crippen molar-refractivity contribution in [2.75, 3.05) is 33.4 Å². The maximum Gasteiger partial charge on any atom is 0.317 e. The SMILES string of the molecule is CN1CCC(Oc2nc(C(COC3CCCCO3)(OC3CC3)c3ccccc3)c3cc(I)ccc3n2)CC1. The standard InChI is InChI=1S/C30H36IN3O4/c1-34-16-14-23(15-17-34)37-29-32-26-13-10-22(31)19-25(26)28(33-29)30(38-24-11-12-24,21-7-3-2-4-8-21)20-36-27-9-5-6-18-35-27/h2-4,7-8,10,13,19,23-24,27H,5-6,9,11-12,14-18,20H2,1H3. The summed E-state index contributed by atoms with van der Waals surface area (Å²) in [4.78, 5) is 12.4. The van der Waals surface area contributed by atoms with Crippen LogP contribution in [0.15, 0.2) is 48.5 Å². The van der Waals surface area contributed by atoms with Crippen LogP contribution in [0.4, 0.5) is 0 Å². The van der Waals surface area contributed by atoms with Crippen LogP contribution in [0, 0.1) is 3.57 Å².